The molecule has 0 bridgehead atoms. The van der Waals surface area contributed by atoms with Crippen molar-refractivity contribution in [3.63, 3.8) is 0 Å². The van der Waals surface area contributed by atoms with E-state index in [0.717, 1.165) is 40.0 Å². The normalized spacial score (nSPS) is 12.5. The Balaban J connectivity index is 1.87. The van der Waals surface area contributed by atoms with Crippen LogP contribution in [0.5, 0.6) is 5.75 Å². The molecule has 6 nitrogen and oxygen atoms in total. The van der Waals surface area contributed by atoms with Gasteiger partial charge in [0.1, 0.15) is 11.6 Å². The SMILES string of the molecule is CSc1cccc(-c2ccc(-n3cc(C(F)(F)F)nc3C)c(N(N)/C(=C\N)c3ccc(OC(F)(F)F)cc3Cl)c2)c1. The average molecular weight is 614 g/mol. The molecular weight excluding hydrogens is 592 g/mol. The molecule has 0 aliphatic rings. The molecule has 0 fully saturated rings. The van der Waals surface area contributed by atoms with Gasteiger partial charge >= 0.3 is 12.5 Å². The largest absolute Gasteiger partial charge is 0.573 e. The van der Waals surface area contributed by atoms with Gasteiger partial charge in [0.05, 0.1) is 22.1 Å². The topological polar surface area (TPSA) is 82.3 Å². The van der Waals surface area contributed by atoms with Crippen molar-refractivity contribution >= 4 is 34.7 Å². The average Bonchev–Trinajstić information content (AvgIpc) is 3.31. The zero-order valence-electron chi connectivity index (χ0n) is 21.4. The first-order chi connectivity index (χ1) is 19.2. The van der Waals surface area contributed by atoms with Crippen LogP contribution in [0.3, 0.4) is 0 Å². The molecule has 3 aromatic carbocycles. The fourth-order valence-electron chi connectivity index (χ4n) is 4.09. The van der Waals surface area contributed by atoms with Gasteiger partial charge in [-0.05, 0) is 66.8 Å². The number of thioether (sulfide) groups is 1. The first kappa shape index (κ1) is 30.2. The van der Waals surface area contributed by atoms with Crippen LogP contribution in [-0.2, 0) is 6.18 Å². The molecule has 0 saturated heterocycles. The third kappa shape index (κ3) is 6.75. The Hall–Kier alpha value is -3.81. The number of hydrogen-bond acceptors (Lipinski definition) is 6. The molecule has 41 heavy (non-hydrogen) atoms. The van der Waals surface area contributed by atoms with E-state index >= 15 is 0 Å². The molecule has 14 heteroatoms. The minimum absolute atomic E-state index is 0.0362. The molecule has 0 spiro atoms. The number of anilines is 1. The molecule has 0 aliphatic carbocycles. The number of nitrogens with zero attached hydrogens (tertiary/aromatic N) is 3. The summed E-state index contributed by atoms with van der Waals surface area (Å²) in [4.78, 5) is 4.63. The highest BCUT2D eigenvalue weighted by molar-refractivity contribution is 7.98. The summed E-state index contributed by atoms with van der Waals surface area (Å²) in [5.74, 6) is 6.01. The van der Waals surface area contributed by atoms with Crippen molar-refractivity contribution in [1.29, 1.82) is 0 Å². The second-order valence-electron chi connectivity index (χ2n) is 8.59. The number of benzene rings is 3. The fraction of sp³-hybridized carbons (Fsp3) is 0.148. The number of alkyl halides is 6. The summed E-state index contributed by atoms with van der Waals surface area (Å²) in [6, 6.07) is 15.8. The Kier molecular flexibility index (Phi) is 8.52. The molecule has 0 amide bonds. The Morgan fingerprint density at radius 1 is 1.02 bits per heavy atom. The van der Waals surface area contributed by atoms with Crippen molar-refractivity contribution in [3.8, 4) is 22.6 Å². The van der Waals surface area contributed by atoms with Crippen molar-refractivity contribution in [3.05, 3.63) is 95.2 Å². The number of hydrazine groups is 1. The summed E-state index contributed by atoms with van der Waals surface area (Å²) < 4.78 is 83.6. The van der Waals surface area contributed by atoms with Crippen LogP contribution in [0.2, 0.25) is 5.02 Å². The van der Waals surface area contributed by atoms with E-state index in [9.17, 15) is 26.3 Å². The quantitative estimate of drug-likeness (QED) is 0.0959. The van der Waals surface area contributed by atoms with E-state index in [1.165, 1.54) is 29.3 Å². The van der Waals surface area contributed by atoms with Crippen molar-refractivity contribution in [2.24, 2.45) is 11.6 Å². The maximum atomic E-state index is 13.5. The highest BCUT2D eigenvalue weighted by Gasteiger charge is 2.35. The Morgan fingerprint density at radius 2 is 1.73 bits per heavy atom. The van der Waals surface area contributed by atoms with E-state index in [2.05, 4.69) is 9.72 Å². The Labute approximate surface area is 240 Å². The number of ether oxygens (including phenoxy) is 1. The van der Waals surface area contributed by atoms with Gasteiger partial charge in [-0.15, -0.1) is 24.9 Å². The van der Waals surface area contributed by atoms with Crippen LogP contribution in [0.25, 0.3) is 22.5 Å². The lowest BCUT2D eigenvalue weighted by Gasteiger charge is -2.26. The monoisotopic (exact) mass is 613 g/mol. The Bertz CT molecular complexity index is 1600. The van der Waals surface area contributed by atoms with Crippen LogP contribution < -0.4 is 21.3 Å². The molecule has 1 aromatic heterocycles. The summed E-state index contributed by atoms with van der Waals surface area (Å²) >= 11 is 7.82. The molecule has 216 valence electrons. The van der Waals surface area contributed by atoms with Crippen LogP contribution >= 0.6 is 23.4 Å². The molecule has 4 aromatic rings. The van der Waals surface area contributed by atoms with Crippen molar-refractivity contribution < 1.29 is 31.1 Å². The number of aryl methyl sites for hydroxylation is 1. The molecule has 0 aliphatic heterocycles. The standard InChI is InChI=1S/C27H22ClF6N5OS/c1-15-37-25(26(29,30)31)14-38(15)22-9-6-17(16-4-3-5-19(10-16)41-2)11-23(22)39(36)24(13-35)20-8-7-18(12-21(20)28)40-27(32,33)34/h3-14H,35-36H2,1-2H3/b24-13-. The van der Waals surface area contributed by atoms with Crippen molar-refractivity contribution in [2.45, 2.75) is 24.4 Å². The van der Waals surface area contributed by atoms with E-state index in [1.54, 1.807) is 18.2 Å². The first-order valence-corrected chi connectivity index (χ1v) is 13.3. The van der Waals surface area contributed by atoms with Crippen LogP contribution in [0.15, 0.2) is 78.0 Å². The van der Waals surface area contributed by atoms with Gasteiger partial charge in [-0.2, -0.15) is 13.2 Å². The summed E-state index contributed by atoms with van der Waals surface area (Å²) in [5, 5.41) is 0.928. The molecule has 0 unspecified atom stereocenters. The third-order valence-electron chi connectivity index (χ3n) is 5.94. The lowest BCUT2D eigenvalue weighted by Crippen LogP contribution is -2.31. The number of hydrogen-bond donors (Lipinski definition) is 2. The van der Waals surface area contributed by atoms with Gasteiger partial charge in [0.2, 0.25) is 0 Å². The first-order valence-electron chi connectivity index (χ1n) is 11.7. The van der Waals surface area contributed by atoms with Gasteiger partial charge in [0, 0.05) is 22.9 Å². The number of halogens is 7. The zero-order chi connectivity index (χ0) is 30.1. The molecule has 4 N–H and O–H groups in total. The van der Waals surface area contributed by atoms with Gasteiger partial charge in [0.15, 0.2) is 5.69 Å². The summed E-state index contributed by atoms with van der Waals surface area (Å²) in [7, 11) is 0. The van der Waals surface area contributed by atoms with Crippen LogP contribution in [0.4, 0.5) is 32.0 Å². The van der Waals surface area contributed by atoms with E-state index in [-0.39, 0.29) is 33.5 Å². The minimum Gasteiger partial charge on any atom is -0.406 e. The van der Waals surface area contributed by atoms with E-state index in [4.69, 9.17) is 23.2 Å². The van der Waals surface area contributed by atoms with Gasteiger partial charge in [0.25, 0.3) is 0 Å². The predicted molar refractivity (Wildman–Crippen MR) is 147 cm³/mol. The van der Waals surface area contributed by atoms with Crippen LogP contribution in [0, 0.1) is 6.92 Å². The number of aromatic nitrogens is 2. The smallest absolute Gasteiger partial charge is 0.406 e. The predicted octanol–water partition coefficient (Wildman–Crippen LogP) is 7.78. The van der Waals surface area contributed by atoms with Gasteiger partial charge in [-0.3, -0.25) is 5.01 Å². The van der Waals surface area contributed by atoms with Gasteiger partial charge < -0.3 is 15.0 Å². The lowest BCUT2D eigenvalue weighted by molar-refractivity contribution is -0.274. The molecular formula is C27H22ClF6N5OS. The summed E-state index contributed by atoms with van der Waals surface area (Å²) in [6.45, 7) is 1.41. The zero-order valence-corrected chi connectivity index (χ0v) is 23.0. The molecule has 4 rings (SSSR count). The second-order valence-corrected chi connectivity index (χ2v) is 9.87. The molecule has 0 saturated carbocycles. The highest BCUT2D eigenvalue weighted by atomic mass is 35.5. The second kappa shape index (κ2) is 11.6. The van der Waals surface area contributed by atoms with Crippen molar-refractivity contribution in [2.75, 3.05) is 11.3 Å². The lowest BCUT2D eigenvalue weighted by atomic mass is 10.0. The highest BCUT2D eigenvalue weighted by Crippen LogP contribution is 2.38. The van der Waals surface area contributed by atoms with Crippen LogP contribution in [-0.4, -0.2) is 22.2 Å². The maximum Gasteiger partial charge on any atom is 0.573 e. The molecule has 1 heterocycles. The van der Waals surface area contributed by atoms with E-state index in [0.29, 0.717) is 5.56 Å². The number of nitrogens with two attached hydrogens (primary N) is 2. The summed E-state index contributed by atoms with van der Waals surface area (Å²) in [5.41, 5.74) is 6.91. The number of rotatable bonds is 7. The van der Waals surface area contributed by atoms with Crippen LogP contribution in [0.1, 0.15) is 17.1 Å². The minimum atomic E-state index is -4.93. The summed E-state index contributed by atoms with van der Waals surface area (Å²) in [6.07, 6.45) is -5.77. The molecule has 0 radical (unpaired) electrons. The van der Waals surface area contributed by atoms with E-state index < -0.39 is 24.0 Å². The van der Waals surface area contributed by atoms with Crippen molar-refractivity contribution in [1.82, 2.24) is 9.55 Å². The molecule has 0 atom stereocenters. The maximum absolute atomic E-state index is 13.5. The van der Waals surface area contributed by atoms with E-state index in [1.807, 2.05) is 30.5 Å². The number of imidazole rings is 1. The Morgan fingerprint density at radius 3 is 2.32 bits per heavy atom. The fourth-order valence-corrected chi connectivity index (χ4v) is 4.81. The van der Waals surface area contributed by atoms with Gasteiger partial charge in [-0.1, -0.05) is 29.8 Å². The van der Waals surface area contributed by atoms with Gasteiger partial charge in [-0.25, -0.2) is 10.8 Å². The third-order valence-corrected chi connectivity index (χ3v) is 6.98.